The molecular weight excluding hydrogens is 255 g/mol. The number of carboxylic acid groups (broad SMARTS) is 2. The third-order valence-electron chi connectivity index (χ3n) is 0.167. The van der Waals surface area contributed by atoms with E-state index in [1.54, 1.807) is 0 Å². The molecule has 8 heavy (non-hydrogen) atoms. The van der Waals surface area contributed by atoms with Gasteiger partial charge in [-0.15, -0.1) is 0 Å². The van der Waals surface area contributed by atoms with E-state index in [4.69, 9.17) is 19.8 Å². The molecule has 0 radical (unpaired) electrons. The Labute approximate surface area is 70.7 Å². The zero-order valence-electron chi connectivity index (χ0n) is 3.25. The Morgan fingerprint density at radius 2 is 1.12 bits per heavy atom. The van der Waals surface area contributed by atoms with E-state index in [1.807, 2.05) is 0 Å². The van der Waals surface area contributed by atoms with Gasteiger partial charge in [0.15, 0.2) is 0 Å². The van der Waals surface area contributed by atoms with E-state index in [0.717, 1.165) is 0 Å². The molecule has 0 aromatic rings. The predicted molar refractivity (Wildman–Crippen MR) is 10.0 cm³/mol. The van der Waals surface area contributed by atoms with Crippen molar-refractivity contribution < 1.29 is 58.7 Å². The number of carbonyl (C=O) groups excluding carboxylic acids is 2. The molecule has 0 bridgehead atoms. The third-order valence-corrected chi connectivity index (χ3v) is 0.167. The summed E-state index contributed by atoms with van der Waals surface area (Å²) in [4.78, 5) is 17.9. The molecular formula is C2AgNiO4+. The molecule has 6 heteroatoms. The summed E-state index contributed by atoms with van der Waals surface area (Å²) in [6, 6.07) is 0. The molecule has 0 atom stereocenters. The van der Waals surface area contributed by atoms with Crippen molar-refractivity contribution in [2.24, 2.45) is 0 Å². The molecule has 0 aromatic heterocycles. The molecule has 0 spiro atoms. The molecule has 0 amide bonds. The van der Waals surface area contributed by atoms with Gasteiger partial charge in [0.05, 0.1) is 11.9 Å². The summed E-state index contributed by atoms with van der Waals surface area (Å²) in [7, 11) is 0. The quantitative estimate of drug-likeness (QED) is 0.332. The average molecular weight is 255 g/mol. The summed E-state index contributed by atoms with van der Waals surface area (Å²) in [5.41, 5.74) is 0. The van der Waals surface area contributed by atoms with Crippen LogP contribution in [0, 0.1) is 0 Å². The van der Waals surface area contributed by atoms with Crippen LogP contribution >= 0.6 is 0 Å². The van der Waals surface area contributed by atoms with Crippen LogP contribution in [0.1, 0.15) is 0 Å². The van der Waals surface area contributed by atoms with Crippen LogP contribution in [-0.4, -0.2) is 11.9 Å². The first-order valence-corrected chi connectivity index (χ1v) is 1.07. The monoisotopic (exact) mass is 253 g/mol. The van der Waals surface area contributed by atoms with Crippen molar-refractivity contribution in [3.8, 4) is 0 Å². The molecule has 0 aliphatic heterocycles. The van der Waals surface area contributed by atoms with Gasteiger partial charge < -0.3 is 19.8 Å². The summed E-state index contributed by atoms with van der Waals surface area (Å²) >= 11 is 0. The summed E-state index contributed by atoms with van der Waals surface area (Å²) in [5, 5.41) is 17.9. The smallest absolute Gasteiger partial charge is 0.543 e. The molecule has 4 nitrogen and oxygen atoms in total. The largest absolute Gasteiger partial charge is 2.00 e. The van der Waals surface area contributed by atoms with Gasteiger partial charge in [0, 0.05) is 0 Å². The summed E-state index contributed by atoms with van der Waals surface area (Å²) < 4.78 is 0. The Morgan fingerprint density at radius 3 is 1.12 bits per heavy atom. The van der Waals surface area contributed by atoms with E-state index in [0.29, 0.717) is 0 Å². The number of hydrogen-bond acceptors (Lipinski definition) is 4. The fraction of sp³-hybridized carbons (Fsp3) is 0. The van der Waals surface area contributed by atoms with Crippen molar-refractivity contribution in [3.63, 3.8) is 0 Å². The summed E-state index contributed by atoms with van der Waals surface area (Å²) in [6.07, 6.45) is 0. The van der Waals surface area contributed by atoms with E-state index in [9.17, 15) is 0 Å². The van der Waals surface area contributed by atoms with Crippen LogP contribution < -0.4 is 10.2 Å². The molecule has 52 valence electrons. The molecule has 0 aromatic carbocycles. The number of hydrogen-bond donors (Lipinski definition) is 0. The van der Waals surface area contributed by atoms with E-state index in [1.165, 1.54) is 0 Å². The standard InChI is InChI=1S/C2H2O4.Ag.Ni/c3-1(4)2(5)6;;/h(H,3,4)(H,5,6);;/q;+1;+2/p-2. The minimum absolute atomic E-state index is 0. The fourth-order valence-electron chi connectivity index (χ4n) is 0. The average Bonchev–Trinajstić information content (AvgIpc) is 1.36. The van der Waals surface area contributed by atoms with Gasteiger partial charge in [0.1, 0.15) is 0 Å². The fourth-order valence-corrected chi connectivity index (χ4v) is 0. The minimum Gasteiger partial charge on any atom is -0.543 e. The Bertz CT molecular complexity index is 80.0. The van der Waals surface area contributed by atoms with Crippen molar-refractivity contribution in [2.45, 2.75) is 0 Å². The number of rotatable bonds is 0. The maximum atomic E-state index is 8.93. The molecule has 0 rings (SSSR count). The second-order valence-corrected chi connectivity index (χ2v) is 0.575. The van der Waals surface area contributed by atoms with Gasteiger partial charge in [-0.25, -0.2) is 0 Å². The van der Waals surface area contributed by atoms with Crippen molar-refractivity contribution in [2.75, 3.05) is 0 Å². The molecule has 0 fully saturated rings. The van der Waals surface area contributed by atoms with Gasteiger partial charge in [0.2, 0.25) is 0 Å². The Kier molecular flexibility index (Phi) is 14.1. The van der Waals surface area contributed by atoms with Gasteiger partial charge in [-0.3, -0.25) is 0 Å². The molecule has 0 aliphatic carbocycles. The van der Waals surface area contributed by atoms with Gasteiger partial charge in [-0.05, 0) is 0 Å². The first-order valence-electron chi connectivity index (χ1n) is 1.07. The number of carboxylic acids is 2. The van der Waals surface area contributed by atoms with E-state index in [2.05, 4.69) is 0 Å². The molecule has 0 heterocycles. The molecule has 0 aliphatic rings. The van der Waals surface area contributed by atoms with Crippen LogP contribution in [-0.2, 0) is 48.5 Å². The van der Waals surface area contributed by atoms with Crippen LogP contribution in [0.15, 0.2) is 0 Å². The number of carbonyl (C=O) groups is 2. The SMILES string of the molecule is O=C([O-])C(=O)[O-].[Ag+].[Ni+2]. The van der Waals surface area contributed by atoms with Crippen LogP contribution in [0.5, 0.6) is 0 Å². The maximum absolute atomic E-state index is 8.93. The van der Waals surface area contributed by atoms with Crippen molar-refractivity contribution in [1.29, 1.82) is 0 Å². The molecule has 0 N–H and O–H groups in total. The van der Waals surface area contributed by atoms with E-state index < -0.39 is 11.9 Å². The van der Waals surface area contributed by atoms with Crippen molar-refractivity contribution in [1.82, 2.24) is 0 Å². The summed E-state index contributed by atoms with van der Waals surface area (Å²) in [6.45, 7) is 0. The molecule has 0 saturated heterocycles. The predicted octanol–water partition coefficient (Wildman–Crippen LogP) is -3.52. The number of aliphatic carboxylic acids is 2. The maximum Gasteiger partial charge on any atom is 2.00 e. The minimum atomic E-state index is -2.19. The Balaban J connectivity index is -0.000000125. The summed E-state index contributed by atoms with van der Waals surface area (Å²) in [5.74, 6) is -4.37. The van der Waals surface area contributed by atoms with Gasteiger partial charge in [-0.1, -0.05) is 0 Å². The second-order valence-electron chi connectivity index (χ2n) is 0.575. The Hall–Kier alpha value is 0.174. The Morgan fingerprint density at radius 1 is 1.00 bits per heavy atom. The van der Waals surface area contributed by atoms with Crippen molar-refractivity contribution >= 4 is 11.9 Å². The van der Waals surface area contributed by atoms with Crippen LogP contribution in [0.2, 0.25) is 0 Å². The van der Waals surface area contributed by atoms with Gasteiger partial charge in [-0.2, -0.15) is 0 Å². The van der Waals surface area contributed by atoms with E-state index in [-0.39, 0.29) is 38.9 Å². The van der Waals surface area contributed by atoms with Gasteiger partial charge >= 0.3 is 38.9 Å². The topological polar surface area (TPSA) is 80.3 Å². The van der Waals surface area contributed by atoms with Crippen molar-refractivity contribution in [3.05, 3.63) is 0 Å². The normalized spacial score (nSPS) is 5.50. The zero-order chi connectivity index (χ0) is 5.15. The first kappa shape index (κ1) is 15.7. The second kappa shape index (κ2) is 7.17. The van der Waals surface area contributed by atoms with Crippen LogP contribution in [0.3, 0.4) is 0 Å². The van der Waals surface area contributed by atoms with Crippen LogP contribution in [0.25, 0.3) is 0 Å². The molecule has 0 unspecified atom stereocenters. The molecule has 0 saturated carbocycles. The zero-order valence-corrected chi connectivity index (χ0v) is 5.72. The van der Waals surface area contributed by atoms with Gasteiger partial charge in [0.25, 0.3) is 0 Å². The third kappa shape index (κ3) is 9.49. The van der Waals surface area contributed by atoms with Crippen LogP contribution in [0.4, 0.5) is 0 Å². The van der Waals surface area contributed by atoms with E-state index >= 15 is 0 Å². The first-order chi connectivity index (χ1) is 2.64.